The monoisotopic (exact) mass is 792 g/mol. The number of aryl methyl sites for hydroxylation is 7. The minimum atomic E-state index is -1.01. The summed E-state index contributed by atoms with van der Waals surface area (Å²) in [5.74, 6) is 0.416. The normalized spacial score (nSPS) is 14.9. The molecule has 2 aliphatic heterocycles. The van der Waals surface area contributed by atoms with Gasteiger partial charge in [0.25, 0.3) is 5.91 Å². The molecule has 56 heavy (non-hydrogen) atoms. The number of carboxylic acids is 1. The van der Waals surface area contributed by atoms with E-state index >= 15 is 4.79 Å². The molecule has 0 spiro atoms. The first kappa shape index (κ1) is 38.0. The van der Waals surface area contributed by atoms with Gasteiger partial charge in [-0.05, 0) is 126 Å². The third kappa shape index (κ3) is 6.82. The first-order chi connectivity index (χ1) is 26.9. The molecule has 3 aromatic carbocycles. The highest BCUT2D eigenvalue weighted by atomic mass is 35.5. The summed E-state index contributed by atoms with van der Waals surface area (Å²) in [5.41, 5.74) is 9.48. The third-order valence-electron chi connectivity index (χ3n) is 11.4. The maximum atomic E-state index is 15.2. The highest BCUT2D eigenvalue weighted by molar-refractivity contribution is 6.35. The molecule has 10 nitrogen and oxygen atoms in total. The fourth-order valence-corrected chi connectivity index (χ4v) is 9.16. The van der Waals surface area contributed by atoms with Gasteiger partial charge in [-0.1, -0.05) is 29.3 Å². The first-order valence-electron chi connectivity index (χ1n) is 19.4. The van der Waals surface area contributed by atoms with Crippen molar-refractivity contribution in [3.63, 3.8) is 0 Å². The molecule has 3 aromatic heterocycles. The van der Waals surface area contributed by atoms with Crippen molar-refractivity contribution in [1.29, 1.82) is 0 Å². The number of aromatic carboxylic acids is 1. The zero-order chi connectivity index (χ0) is 39.4. The number of carboxylic acid groups (broad SMARTS) is 1. The van der Waals surface area contributed by atoms with Gasteiger partial charge in [-0.15, -0.1) is 0 Å². The minimum absolute atomic E-state index is 0.139. The molecule has 0 aliphatic carbocycles. The summed E-state index contributed by atoms with van der Waals surface area (Å²) in [6.45, 7) is 12.3. The topological polar surface area (TPSA) is 106 Å². The number of anilines is 1. The van der Waals surface area contributed by atoms with Crippen LogP contribution in [0.1, 0.15) is 80.4 Å². The molecule has 0 bridgehead atoms. The summed E-state index contributed by atoms with van der Waals surface area (Å²) in [6, 6.07) is 12.9. The molecule has 6 aromatic rings. The molecule has 1 fully saturated rings. The Morgan fingerprint density at radius 2 is 1.59 bits per heavy atom. The second-order valence-electron chi connectivity index (χ2n) is 15.3. The Balaban J connectivity index is 1.25. The van der Waals surface area contributed by atoms with Crippen molar-refractivity contribution < 1.29 is 19.4 Å². The van der Waals surface area contributed by atoms with Crippen LogP contribution in [0.3, 0.4) is 0 Å². The second-order valence-corrected chi connectivity index (χ2v) is 16.0. The van der Waals surface area contributed by atoms with Gasteiger partial charge in [0.15, 0.2) is 0 Å². The van der Waals surface area contributed by atoms with Crippen molar-refractivity contribution in [3.05, 3.63) is 104 Å². The van der Waals surface area contributed by atoms with Gasteiger partial charge in [0, 0.05) is 70.2 Å². The molecule has 1 N–H and O–H groups in total. The summed E-state index contributed by atoms with van der Waals surface area (Å²) >= 11 is 13.6. The zero-order valence-corrected chi connectivity index (χ0v) is 34.0. The number of amides is 1. The number of hydrogen-bond acceptors (Lipinski definition) is 6. The molecule has 290 valence electrons. The molecule has 12 heteroatoms. The van der Waals surface area contributed by atoms with Crippen LogP contribution in [0.5, 0.6) is 5.75 Å². The largest absolute Gasteiger partial charge is 0.494 e. The second kappa shape index (κ2) is 15.2. The predicted molar refractivity (Wildman–Crippen MR) is 223 cm³/mol. The fraction of sp³-hybridized carbons (Fsp3) is 0.364. The number of fused-ring (bicyclic) bond motifs is 4. The van der Waals surface area contributed by atoms with Crippen molar-refractivity contribution >= 4 is 62.6 Å². The molecule has 1 saturated heterocycles. The number of carbonyl (C=O) groups is 2. The lowest BCUT2D eigenvalue weighted by atomic mass is 9.97. The van der Waals surface area contributed by atoms with Crippen molar-refractivity contribution in [2.24, 2.45) is 7.05 Å². The molecule has 0 atom stereocenters. The molecule has 0 saturated carbocycles. The molecular formula is C44H46Cl2N6O4. The lowest BCUT2D eigenvalue weighted by Crippen LogP contribution is -2.31. The van der Waals surface area contributed by atoms with Crippen LogP contribution in [0.25, 0.3) is 32.9 Å². The lowest BCUT2D eigenvalue weighted by Gasteiger charge is -2.20. The summed E-state index contributed by atoms with van der Waals surface area (Å²) in [6.07, 6.45) is 6.22. The summed E-state index contributed by atoms with van der Waals surface area (Å²) < 4.78 is 10.4. The van der Waals surface area contributed by atoms with Crippen molar-refractivity contribution in [2.75, 3.05) is 31.1 Å². The Hall–Kier alpha value is -4.90. The number of ether oxygens (including phenoxy) is 1. The van der Waals surface area contributed by atoms with E-state index in [1.54, 1.807) is 18.2 Å². The zero-order valence-electron chi connectivity index (χ0n) is 32.5. The van der Waals surface area contributed by atoms with Gasteiger partial charge in [-0.25, -0.2) is 14.8 Å². The highest BCUT2D eigenvalue weighted by Gasteiger charge is 2.33. The number of likely N-dealkylation sites (tertiary alicyclic amines) is 1. The number of benzene rings is 3. The summed E-state index contributed by atoms with van der Waals surface area (Å²) in [5, 5.41) is 12.8. The van der Waals surface area contributed by atoms with Gasteiger partial charge >= 0.3 is 5.97 Å². The van der Waals surface area contributed by atoms with Gasteiger partial charge < -0.3 is 23.9 Å². The van der Waals surface area contributed by atoms with E-state index in [0.717, 1.165) is 90.7 Å². The standard InChI is InChI=1S/C44H46Cl2N6O4/c1-25-20-30(21-26(2)40(25)46)56-19-8-10-31-32-12-13-34(45)39(38-27(3)47-37(48-28(38)4)24-50-15-6-7-16-50)41(32)52-18-9-17-51(43(53)42(31)52)36-23-49(5)35-14-11-29(44(54)55)22-33(35)36/h11-14,20-23H,6-10,15-19,24H2,1-5H3,(H,54,55). The maximum Gasteiger partial charge on any atom is 0.335 e. The molecule has 5 heterocycles. The van der Waals surface area contributed by atoms with Crippen LogP contribution < -0.4 is 9.64 Å². The van der Waals surface area contributed by atoms with E-state index in [4.69, 9.17) is 37.9 Å². The average Bonchev–Trinajstić information content (AvgIpc) is 3.84. The van der Waals surface area contributed by atoms with Gasteiger partial charge in [0.2, 0.25) is 0 Å². The summed E-state index contributed by atoms with van der Waals surface area (Å²) in [7, 11) is 1.91. The third-order valence-corrected chi connectivity index (χ3v) is 12.3. The van der Waals surface area contributed by atoms with Gasteiger partial charge in [0.05, 0.1) is 34.9 Å². The van der Waals surface area contributed by atoms with Crippen molar-refractivity contribution in [2.45, 2.75) is 72.9 Å². The predicted octanol–water partition coefficient (Wildman–Crippen LogP) is 9.49. The number of nitrogens with zero attached hydrogens (tertiary/aromatic N) is 6. The van der Waals surface area contributed by atoms with E-state index in [1.807, 2.05) is 74.7 Å². The van der Waals surface area contributed by atoms with Crippen molar-refractivity contribution in [1.82, 2.24) is 24.0 Å². The molecule has 0 unspecified atom stereocenters. The van der Waals surface area contributed by atoms with Crippen LogP contribution in [0, 0.1) is 27.7 Å². The number of carbonyl (C=O) groups excluding carboxylic acids is 1. The van der Waals surface area contributed by atoms with Gasteiger partial charge in [-0.2, -0.15) is 0 Å². The smallest absolute Gasteiger partial charge is 0.335 e. The number of rotatable bonds is 10. The molecule has 2 aliphatic rings. The average molecular weight is 794 g/mol. The van der Waals surface area contributed by atoms with Crippen LogP contribution in [0.15, 0.2) is 48.7 Å². The van der Waals surface area contributed by atoms with Gasteiger partial charge in [-0.3, -0.25) is 9.69 Å². The Kier molecular flexibility index (Phi) is 10.3. The molecule has 8 rings (SSSR count). The van der Waals surface area contributed by atoms with Crippen LogP contribution in [-0.2, 0) is 26.6 Å². The number of halogens is 2. The number of aromatic nitrogens is 4. The quantitative estimate of drug-likeness (QED) is 0.138. The number of hydrogen-bond donors (Lipinski definition) is 1. The maximum absolute atomic E-state index is 15.2. The Morgan fingerprint density at radius 1 is 0.875 bits per heavy atom. The van der Waals surface area contributed by atoms with Crippen LogP contribution >= 0.6 is 23.2 Å². The van der Waals surface area contributed by atoms with Crippen LogP contribution in [0.4, 0.5) is 5.69 Å². The Labute approximate surface area is 336 Å². The molecular weight excluding hydrogens is 747 g/mol. The van der Waals surface area contributed by atoms with Crippen LogP contribution in [-0.4, -0.2) is 67.2 Å². The molecule has 0 radical (unpaired) electrons. The van der Waals surface area contributed by atoms with E-state index in [2.05, 4.69) is 9.47 Å². The van der Waals surface area contributed by atoms with Crippen molar-refractivity contribution in [3.8, 4) is 16.9 Å². The summed E-state index contributed by atoms with van der Waals surface area (Å²) in [4.78, 5) is 41.5. The van der Waals surface area contributed by atoms with E-state index in [-0.39, 0.29) is 11.5 Å². The van der Waals surface area contributed by atoms with Crippen LogP contribution in [0.2, 0.25) is 10.0 Å². The van der Waals surface area contributed by atoms with E-state index < -0.39 is 5.97 Å². The fourth-order valence-electron chi connectivity index (χ4n) is 8.80. The Bertz CT molecular complexity index is 2500. The SMILES string of the molecule is Cc1cc(OCCCc2c3n(c4c(-c5c(C)nc(CN6CCCC6)nc5C)c(Cl)ccc24)CCCN(c2cn(C)c4ccc(C(=O)O)cc24)C3=O)cc(C)c1Cl. The van der Waals surface area contributed by atoms with E-state index in [0.29, 0.717) is 61.9 Å². The molecule has 1 amide bonds. The van der Waals surface area contributed by atoms with Gasteiger partial charge in [0.1, 0.15) is 17.3 Å². The van der Waals surface area contributed by atoms with E-state index in [1.165, 1.54) is 12.8 Å². The lowest BCUT2D eigenvalue weighted by molar-refractivity contribution is 0.0696. The first-order valence-corrected chi connectivity index (χ1v) is 20.1. The van der Waals surface area contributed by atoms with E-state index in [9.17, 15) is 9.90 Å². The Morgan fingerprint density at radius 3 is 2.29 bits per heavy atom. The minimum Gasteiger partial charge on any atom is -0.494 e. The highest BCUT2D eigenvalue weighted by Crippen LogP contribution is 2.43.